The van der Waals surface area contributed by atoms with E-state index in [2.05, 4.69) is 15.6 Å². The number of para-hydroxylation sites is 1. The molecule has 0 aliphatic heterocycles. The minimum Gasteiger partial charge on any atom is -0.340 e. The number of carbonyl (C=O) groups excluding carboxylic acids is 1. The normalized spacial score (nSPS) is 10.6. The Morgan fingerprint density at radius 2 is 1.37 bits per heavy atom. The van der Waals surface area contributed by atoms with Crippen molar-refractivity contribution in [2.75, 3.05) is 10.6 Å². The molecule has 1 amide bonds. The van der Waals surface area contributed by atoms with Crippen LogP contribution >= 0.6 is 0 Å². The minimum atomic E-state index is -0.392. The average Bonchev–Trinajstić information content (AvgIpc) is 2.78. The van der Waals surface area contributed by atoms with Gasteiger partial charge >= 0.3 is 0 Å². The second-order valence-corrected chi connectivity index (χ2v) is 7.12. The summed E-state index contributed by atoms with van der Waals surface area (Å²) in [5.74, 6) is 0.246. The number of carbonyl (C=O) groups is 1. The highest BCUT2D eigenvalue weighted by atomic mass is 16.1. The van der Waals surface area contributed by atoms with E-state index in [1.165, 1.54) is 0 Å². The van der Waals surface area contributed by atoms with Crippen LogP contribution in [0.15, 0.2) is 103 Å². The molecule has 30 heavy (non-hydrogen) atoms. The molecule has 2 N–H and O–H groups in total. The summed E-state index contributed by atoms with van der Waals surface area (Å²) in [4.78, 5) is 17.6. The molecular weight excluding hydrogens is 370 g/mol. The maximum atomic E-state index is 13.2. The Morgan fingerprint density at radius 3 is 1.93 bits per heavy atom. The number of amides is 1. The Labute approximate surface area is 176 Å². The van der Waals surface area contributed by atoms with Crippen molar-refractivity contribution in [2.24, 2.45) is 0 Å². The van der Waals surface area contributed by atoms with E-state index in [0.717, 1.165) is 28.2 Å². The van der Waals surface area contributed by atoms with Crippen molar-refractivity contribution < 1.29 is 4.79 Å². The van der Waals surface area contributed by atoms with Crippen LogP contribution < -0.4 is 10.6 Å². The summed E-state index contributed by atoms with van der Waals surface area (Å²) in [6, 6.07) is 31.4. The molecule has 0 bridgehead atoms. The van der Waals surface area contributed by atoms with Crippen molar-refractivity contribution in [2.45, 2.75) is 12.8 Å². The summed E-state index contributed by atoms with van der Waals surface area (Å²) in [5.41, 5.74) is 4.71. The molecule has 0 atom stereocenters. The summed E-state index contributed by atoms with van der Waals surface area (Å²) >= 11 is 0. The first kappa shape index (κ1) is 19.4. The van der Waals surface area contributed by atoms with Gasteiger partial charge in [0.05, 0.1) is 17.8 Å². The number of anilines is 3. The molecule has 4 aromatic rings. The van der Waals surface area contributed by atoms with Crippen molar-refractivity contribution >= 4 is 23.1 Å². The number of hydrogen-bond donors (Lipinski definition) is 2. The van der Waals surface area contributed by atoms with Gasteiger partial charge in [-0.25, -0.2) is 4.98 Å². The minimum absolute atomic E-state index is 0.0891. The lowest BCUT2D eigenvalue weighted by molar-refractivity contribution is -0.116. The van der Waals surface area contributed by atoms with Crippen LogP contribution in [0.4, 0.5) is 17.2 Å². The zero-order chi connectivity index (χ0) is 20.8. The molecule has 1 aromatic heterocycles. The number of hydrogen-bond acceptors (Lipinski definition) is 3. The lowest BCUT2D eigenvalue weighted by atomic mass is 9.90. The SMILES string of the molecule is Cc1ccccc1Nc1ccc(NC(=O)C(c2ccccc2)c2ccccc2)cn1. The molecule has 0 spiro atoms. The number of rotatable bonds is 6. The van der Waals surface area contributed by atoms with E-state index in [9.17, 15) is 4.79 Å². The van der Waals surface area contributed by atoms with Crippen LogP contribution in [0.5, 0.6) is 0 Å². The molecular formula is C26H23N3O. The number of aromatic nitrogens is 1. The fraction of sp³-hybridized carbons (Fsp3) is 0.0769. The Morgan fingerprint density at radius 1 is 0.767 bits per heavy atom. The van der Waals surface area contributed by atoms with Gasteiger partial charge in [-0.05, 0) is 41.8 Å². The van der Waals surface area contributed by atoms with Crippen LogP contribution in [0.1, 0.15) is 22.6 Å². The van der Waals surface area contributed by atoms with Crippen LogP contribution in [0.25, 0.3) is 0 Å². The van der Waals surface area contributed by atoms with E-state index in [-0.39, 0.29) is 5.91 Å². The highest BCUT2D eigenvalue weighted by Gasteiger charge is 2.22. The Hall–Kier alpha value is -3.92. The average molecular weight is 393 g/mol. The number of pyridine rings is 1. The zero-order valence-electron chi connectivity index (χ0n) is 16.7. The predicted molar refractivity (Wildman–Crippen MR) is 122 cm³/mol. The second-order valence-electron chi connectivity index (χ2n) is 7.12. The van der Waals surface area contributed by atoms with Crippen molar-refractivity contribution in [3.8, 4) is 0 Å². The van der Waals surface area contributed by atoms with Crippen molar-refractivity contribution in [3.63, 3.8) is 0 Å². The molecule has 0 saturated heterocycles. The quantitative estimate of drug-likeness (QED) is 0.428. The molecule has 0 saturated carbocycles. The van der Waals surface area contributed by atoms with Gasteiger partial charge in [0, 0.05) is 5.69 Å². The zero-order valence-corrected chi connectivity index (χ0v) is 16.7. The molecule has 4 heteroatoms. The first-order valence-corrected chi connectivity index (χ1v) is 9.90. The third-order valence-electron chi connectivity index (χ3n) is 4.97. The van der Waals surface area contributed by atoms with Crippen LogP contribution in [-0.2, 0) is 4.79 Å². The molecule has 4 nitrogen and oxygen atoms in total. The standard InChI is InChI=1S/C26H23N3O/c1-19-10-8-9-15-23(19)29-24-17-16-22(18-27-24)28-26(30)25(20-11-4-2-5-12-20)21-13-6-3-7-14-21/h2-18,25H,1H3,(H,27,29)(H,28,30). The van der Waals surface area contributed by atoms with E-state index in [1.807, 2.05) is 104 Å². The summed E-state index contributed by atoms with van der Waals surface area (Å²) < 4.78 is 0. The van der Waals surface area contributed by atoms with Crippen LogP contribution in [0.2, 0.25) is 0 Å². The van der Waals surface area contributed by atoms with Crippen LogP contribution in [0, 0.1) is 6.92 Å². The van der Waals surface area contributed by atoms with E-state index < -0.39 is 5.92 Å². The van der Waals surface area contributed by atoms with E-state index in [1.54, 1.807) is 6.20 Å². The Bertz CT molecular complexity index is 1070. The molecule has 0 aliphatic rings. The van der Waals surface area contributed by atoms with Gasteiger partial charge in [0.25, 0.3) is 0 Å². The first-order valence-electron chi connectivity index (χ1n) is 9.90. The maximum Gasteiger partial charge on any atom is 0.236 e. The highest BCUT2D eigenvalue weighted by Crippen LogP contribution is 2.26. The summed E-state index contributed by atoms with van der Waals surface area (Å²) in [7, 11) is 0. The fourth-order valence-electron chi connectivity index (χ4n) is 3.39. The number of benzene rings is 3. The van der Waals surface area contributed by atoms with Crippen molar-refractivity contribution in [1.82, 2.24) is 4.98 Å². The van der Waals surface area contributed by atoms with E-state index >= 15 is 0 Å². The van der Waals surface area contributed by atoms with Crippen LogP contribution in [0.3, 0.4) is 0 Å². The summed E-state index contributed by atoms with van der Waals surface area (Å²) in [6.45, 7) is 2.05. The molecule has 0 radical (unpaired) electrons. The van der Waals surface area contributed by atoms with Gasteiger partial charge in [0.15, 0.2) is 0 Å². The second kappa shape index (κ2) is 9.05. The molecule has 148 valence electrons. The van der Waals surface area contributed by atoms with E-state index in [0.29, 0.717) is 5.69 Å². The Kier molecular flexibility index (Phi) is 5.85. The number of nitrogens with zero attached hydrogens (tertiary/aromatic N) is 1. The number of nitrogens with one attached hydrogen (secondary N) is 2. The van der Waals surface area contributed by atoms with Gasteiger partial charge in [-0.3, -0.25) is 4.79 Å². The fourth-order valence-corrected chi connectivity index (χ4v) is 3.39. The highest BCUT2D eigenvalue weighted by molar-refractivity contribution is 5.98. The largest absolute Gasteiger partial charge is 0.340 e. The van der Waals surface area contributed by atoms with Gasteiger partial charge in [-0.15, -0.1) is 0 Å². The number of aryl methyl sites for hydroxylation is 1. The molecule has 0 unspecified atom stereocenters. The third kappa shape index (κ3) is 4.55. The predicted octanol–water partition coefficient (Wildman–Crippen LogP) is 5.90. The third-order valence-corrected chi connectivity index (χ3v) is 4.97. The molecule has 4 rings (SSSR count). The first-order chi connectivity index (χ1) is 14.7. The monoisotopic (exact) mass is 393 g/mol. The lowest BCUT2D eigenvalue weighted by Crippen LogP contribution is -2.22. The van der Waals surface area contributed by atoms with Crippen molar-refractivity contribution in [3.05, 3.63) is 120 Å². The lowest BCUT2D eigenvalue weighted by Gasteiger charge is -2.18. The molecule has 0 fully saturated rings. The van der Waals surface area contributed by atoms with Gasteiger partial charge in [0.1, 0.15) is 5.82 Å². The molecule has 0 aliphatic carbocycles. The van der Waals surface area contributed by atoms with Gasteiger partial charge in [-0.2, -0.15) is 0 Å². The summed E-state index contributed by atoms with van der Waals surface area (Å²) in [5, 5.41) is 6.32. The van der Waals surface area contributed by atoms with Crippen molar-refractivity contribution in [1.29, 1.82) is 0 Å². The topological polar surface area (TPSA) is 54.0 Å². The van der Waals surface area contributed by atoms with Gasteiger partial charge in [0.2, 0.25) is 5.91 Å². The van der Waals surface area contributed by atoms with Crippen LogP contribution in [-0.4, -0.2) is 10.9 Å². The maximum absolute atomic E-state index is 13.2. The molecule has 1 heterocycles. The smallest absolute Gasteiger partial charge is 0.236 e. The van der Waals surface area contributed by atoms with Gasteiger partial charge in [-0.1, -0.05) is 78.9 Å². The van der Waals surface area contributed by atoms with Gasteiger partial charge < -0.3 is 10.6 Å². The van der Waals surface area contributed by atoms with E-state index in [4.69, 9.17) is 0 Å². The molecule has 3 aromatic carbocycles. The Balaban J connectivity index is 1.52. The summed E-state index contributed by atoms with van der Waals surface area (Å²) in [6.07, 6.45) is 1.67.